The number of carbonyl (C=O) groups excluding carboxylic acids is 2. The lowest BCUT2D eigenvalue weighted by Crippen LogP contribution is -2.68. The number of carbonyl (C=O) groups is 2. The number of aliphatic hydroxyl groups is 5. The van der Waals surface area contributed by atoms with Gasteiger partial charge in [0.1, 0.15) is 48.8 Å². The molecule has 4 unspecified atom stereocenters. The van der Waals surface area contributed by atoms with Gasteiger partial charge in [0.15, 0.2) is 6.29 Å². The molecule has 0 bridgehead atoms. The summed E-state index contributed by atoms with van der Waals surface area (Å²) in [5, 5.41) is 54.9. The van der Waals surface area contributed by atoms with Crippen LogP contribution in [0.25, 0.3) is 0 Å². The second-order valence-electron chi connectivity index (χ2n) is 10.9. The zero-order chi connectivity index (χ0) is 32.3. The van der Waals surface area contributed by atoms with Crippen LogP contribution in [0.3, 0.4) is 0 Å². The molecule has 12 atom stereocenters. The Morgan fingerprint density at radius 2 is 1.56 bits per heavy atom. The Morgan fingerprint density at radius 3 is 2.16 bits per heavy atom. The average molecular weight is 625 g/mol. The largest absolute Gasteiger partial charge is 0.388 e. The van der Waals surface area contributed by atoms with Crippen molar-refractivity contribution in [2.24, 2.45) is 34.4 Å². The van der Waals surface area contributed by atoms with Gasteiger partial charge in [-0.3, -0.25) is 9.59 Å². The molecule has 18 heteroatoms. The number of nitrogens with two attached hydrogens (primary N) is 6. The Balaban J connectivity index is 2.23. The summed E-state index contributed by atoms with van der Waals surface area (Å²) in [6.45, 7) is 0.446. The lowest BCUT2D eigenvalue weighted by molar-refractivity contribution is -0.289. The fraction of sp³-hybridized carbons (Fsp3) is 0.920. The summed E-state index contributed by atoms with van der Waals surface area (Å²) in [7, 11) is 0. The SMILES string of the molecule is NCCCN(CCOC1[C@@H](O)[C@@H](O[C@@H]2OC(CN)[C@H](O)[C@H](O)C2N)C(N)C[C@H]1NC(=O)[C@@H](O)CCN)C(=O)[C@@H](O)CCN. The minimum absolute atomic E-state index is 0.00115. The molecule has 1 saturated carbocycles. The smallest absolute Gasteiger partial charge is 0.251 e. The summed E-state index contributed by atoms with van der Waals surface area (Å²) in [6, 6.07) is -3.01. The second-order valence-corrected chi connectivity index (χ2v) is 10.9. The monoisotopic (exact) mass is 624 g/mol. The molecule has 2 aliphatic rings. The van der Waals surface area contributed by atoms with Crippen molar-refractivity contribution in [3.05, 3.63) is 0 Å². The fourth-order valence-electron chi connectivity index (χ4n) is 5.17. The lowest BCUT2D eigenvalue weighted by Gasteiger charge is -2.47. The molecule has 2 fully saturated rings. The van der Waals surface area contributed by atoms with Crippen molar-refractivity contribution in [3.8, 4) is 0 Å². The Kier molecular flexibility index (Phi) is 16.1. The molecule has 0 aromatic rings. The summed E-state index contributed by atoms with van der Waals surface area (Å²) in [5.41, 5.74) is 34.5. The highest BCUT2D eigenvalue weighted by atomic mass is 16.7. The van der Waals surface area contributed by atoms with E-state index in [2.05, 4.69) is 5.32 Å². The molecular formula is C25H52N8O10. The third-order valence-electron chi connectivity index (χ3n) is 7.70. The number of ether oxygens (including phenoxy) is 3. The molecule has 0 aromatic carbocycles. The van der Waals surface area contributed by atoms with Crippen LogP contribution >= 0.6 is 0 Å². The lowest BCUT2D eigenvalue weighted by atomic mass is 9.83. The number of nitrogens with one attached hydrogen (secondary N) is 1. The molecule has 1 saturated heterocycles. The van der Waals surface area contributed by atoms with Gasteiger partial charge in [0, 0.05) is 25.7 Å². The highest BCUT2D eigenvalue weighted by Crippen LogP contribution is 2.29. The average Bonchev–Trinajstić information content (AvgIpc) is 2.97. The van der Waals surface area contributed by atoms with E-state index in [4.69, 9.17) is 48.6 Å². The standard InChI is InChI=1S/C25H52N8O10/c26-4-1-7-33(24(40)15(35)3-6-28)8-9-41-22-13(32-23(39)14(34)2-5-27)10-12(30)21(20(22)38)43-25-17(31)19(37)18(36)16(11-29)42-25/h12-22,25,34-38H,1-11,26-31H2,(H,32,39)/t12?,13-,14+,15+,16?,17?,18+,19-,20+,21+,22?,25+/m1/s1. The van der Waals surface area contributed by atoms with Crippen molar-refractivity contribution >= 4 is 11.8 Å². The van der Waals surface area contributed by atoms with Gasteiger partial charge < -0.3 is 84.4 Å². The summed E-state index contributed by atoms with van der Waals surface area (Å²) < 4.78 is 17.6. The normalized spacial score (nSPS) is 34.4. The minimum atomic E-state index is -1.49. The second kappa shape index (κ2) is 18.4. The molecule has 0 radical (unpaired) electrons. The topological polar surface area (TPSA) is 334 Å². The summed E-state index contributed by atoms with van der Waals surface area (Å²) in [6.07, 6.45) is -11.1. The predicted molar refractivity (Wildman–Crippen MR) is 152 cm³/mol. The maximum absolute atomic E-state index is 12.8. The van der Waals surface area contributed by atoms with E-state index in [1.807, 2.05) is 0 Å². The first kappa shape index (κ1) is 37.6. The van der Waals surface area contributed by atoms with Gasteiger partial charge in [-0.15, -0.1) is 0 Å². The molecule has 2 amide bonds. The number of amides is 2. The summed E-state index contributed by atoms with van der Waals surface area (Å²) in [5.74, 6) is -1.30. The molecule has 0 aromatic heterocycles. The molecule has 18 N–H and O–H groups in total. The maximum Gasteiger partial charge on any atom is 0.251 e. The molecule has 1 aliphatic carbocycles. The van der Waals surface area contributed by atoms with Crippen LogP contribution in [0.15, 0.2) is 0 Å². The number of aliphatic hydroxyl groups excluding tert-OH is 5. The molecule has 0 spiro atoms. The first-order valence-corrected chi connectivity index (χ1v) is 14.6. The zero-order valence-corrected chi connectivity index (χ0v) is 24.4. The highest BCUT2D eigenvalue weighted by Gasteiger charge is 2.49. The van der Waals surface area contributed by atoms with Crippen LogP contribution < -0.4 is 39.7 Å². The van der Waals surface area contributed by atoms with Gasteiger partial charge in [0.2, 0.25) is 5.91 Å². The number of nitrogens with zero attached hydrogens (tertiary/aromatic N) is 1. The van der Waals surface area contributed by atoms with Gasteiger partial charge >= 0.3 is 0 Å². The van der Waals surface area contributed by atoms with Gasteiger partial charge in [-0.2, -0.15) is 0 Å². The highest BCUT2D eigenvalue weighted by molar-refractivity contribution is 5.81. The van der Waals surface area contributed by atoms with E-state index in [0.717, 1.165) is 0 Å². The van der Waals surface area contributed by atoms with Crippen LogP contribution in [-0.4, -0.2) is 161 Å². The quantitative estimate of drug-likeness (QED) is 0.0714. The van der Waals surface area contributed by atoms with Crippen LogP contribution in [0.4, 0.5) is 0 Å². The Bertz CT molecular complexity index is 848. The van der Waals surface area contributed by atoms with Crippen molar-refractivity contribution in [2.75, 3.05) is 45.9 Å². The van der Waals surface area contributed by atoms with Gasteiger partial charge in [-0.25, -0.2) is 0 Å². The summed E-state index contributed by atoms with van der Waals surface area (Å²) >= 11 is 0. The third-order valence-corrected chi connectivity index (χ3v) is 7.70. The third kappa shape index (κ3) is 10.2. The molecule has 2 rings (SSSR count). The van der Waals surface area contributed by atoms with Crippen LogP contribution in [-0.2, 0) is 23.8 Å². The van der Waals surface area contributed by atoms with E-state index in [9.17, 15) is 35.1 Å². The molecule has 18 nitrogen and oxygen atoms in total. The van der Waals surface area contributed by atoms with E-state index in [1.165, 1.54) is 4.90 Å². The van der Waals surface area contributed by atoms with E-state index in [-0.39, 0.29) is 58.6 Å². The van der Waals surface area contributed by atoms with Crippen molar-refractivity contribution in [1.82, 2.24) is 10.2 Å². The Hall–Kier alpha value is -1.62. The maximum atomic E-state index is 12.8. The van der Waals surface area contributed by atoms with E-state index in [0.29, 0.717) is 13.0 Å². The Morgan fingerprint density at radius 1 is 0.907 bits per heavy atom. The van der Waals surface area contributed by atoms with Gasteiger partial charge in [-0.05, 0) is 45.3 Å². The van der Waals surface area contributed by atoms with E-state index in [1.54, 1.807) is 0 Å². The van der Waals surface area contributed by atoms with E-state index < -0.39 is 85.1 Å². The van der Waals surface area contributed by atoms with Crippen LogP contribution in [0, 0.1) is 0 Å². The predicted octanol–water partition coefficient (Wildman–Crippen LogP) is -7.34. The zero-order valence-electron chi connectivity index (χ0n) is 24.4. The van der Waals surface area contributed by atoms with Crippen LogP contribution in [0.1, 0.15) is 25.7 Å². The van der Waals surface area contributed by atoms with Crippen LogP contribution in [0.2, 0.25) is 0 Å². The van der Waals surface area contributed by atoms with Gasteiger partial charge in [0.05, 0.1) is 18.7 Å². The Labute approximate surface area is 250 Å². The molecule has 43 heavy (non-hydrogen) atoms. The van der Waals surface area contributed by atoms with Gasteiger partial charge in [-0.1, -0.05) is 0 Å². The number of rotatable bonds is 17. The minimum Gasteiger partial charge on any atom is -0.388 e. The fourth-order valence-corrected chi connectivity index (χ4v) is 5.17. The van der Waals surface area contributed by atoms with Crippen molar-refractivity contribution in [1.29, 1.82) is 0 Å². The molecular weight excluding hydrogens is 572 g/mol. The van der Waals surface area contributed by atoms with Crippen molar-refractivity contribution in [3.63, 3.8) is 0 Å². The molecule has 1 aliphatic heterocycles. The number of hydrogen-bond acceptors (Lipinski definition) is 16. The van der Waals surface area contributed by atoms with E-state index >= 15 is 0 Å². The van der Waals surface area contributed by atoms with Crippen molar-refractivity contribution in [2.45, 2.75) is 98.9 Å². The first-order chi connectivity index (χ1) is 20.4. The van der Waals surface area contributed by atoms with Crippen molar-refractivity contribution < 1.29 is 49.3 Å². The first-order valence-electron chi connectivity index (χ1n) is 14.6. The molecule has 252 valence electrons. The summed E-state index contributed by atoms with van der Waals surface area (Å²) in [4.78, 5) is 26.8. The van der Waals surface area contributed by atoms with Gasteiger partial charge in [0.25, 0.3) is 5.91 Å². The number of hydrogen-bond donors (Lipinski definition) is 12. The van der Waals surface area contributed by atoms with Crippen LogP contribution in [0.5, 0.6) is 0 Å². The molecule has 1 heterocycles.